The van der Waals surface area contributed by atoms with Crippen LogP contribution in [0.5, 0.6) is 0 Å². The van der Waals surface area contributed by atoms with Crippen LogP contribution in [0.4, 0.5) is 5.82 Å². The van der Waals surface area contributed by atoms with E-state index in [4.69, 9.17) is 5.73 Å². The SMILES string of the molecule is Cc1nc(SCC(=O)c2c(N)n(C)c(=O)n(C)c2=O)n(C2CCCCC2)c1C. The smallest absolute Gasteiger partial charge is 0.332 e. The van der Waals surface area contributed by atoms with E-state index in [-0.39, 0.29) is 17.1 Å². The summed E-state index contributed by atoms with van der Waals surface area (Å²) in [6, 6.07) is 0.406. The molecule has 3 rings (SSSR count). The Morgan fingerprint density at radius 3 is 2.43 bits per heavy atom. The zero-order valence-corrected chi connectivity index (χ0v) is 17.6. The number of aromatic nitrogens is 4. The molecule has 8 nitrogen and oxygen atoms in total. The summed E-state index contributed by atoms with van der Waals surface area (Å²) in [5, 5.41) is 0.801. The maximum atomic E-state index is 12.8. The zero-order chi connectivity index (χ0) is 20.6. The number of anilines is 1. The van der Waals surface area contributed by atoms with Gasteiger partial charge in [-0.1, -0.05) is 31.0 Å². The lowest BCUT2D eigenvalue weighted by Gasteiger charge is -2.26. The Labute approximate surface area is 167 Å². The Balaban J connectivity index is 1.88. The van der Waals surface area contributed by atoms with Crippen LogP contribution in [-0.4, -0.2) is 30.2 Å². The van der Waals surface area contributed by atoms with Crippen LogP contribution in [-0.2, 0) is 14.1 Å². The fourth-order valence-electron chi connectivity index (χ4n) is 3.79. The number of imidazole rings is 1. The van der Waals surface area contributed by atoms with Gasteiger partial charge in [0, 0.05) is 25.8 Å². The molecule has 0 atom stereocenters. The van der Waals surface area contributed by atoms with E-state index in [0.717, 1.165) is 38.5 Å². The third-order valence-corrected chi connectivity index (χ3v) is 6.57. The van der Waals surface area contributed by atoms with Crippen molar-refractivity contribution in [3.63, 3.8) is 0 Å². The molecule has 2 N–H and O–H groups in total. The number of carbonyl (C=O) groups is 1. The summed E-state index contributed by atoms with van der Waals surface area (Å²) in [5.74, 6) is -0.450. The van der Waals surface area contributed by atoms with Crippen LogP contribution in [0.15, 0.2) is 14.7 Å². The standard InChI is InChI=1S/C19H27N5O3S/c1-11-12(2)24(13-8-6-5-7-9-13)18(21-11)28-10-14(25)15-16(20)22(3)19(27)23(4)17(15)26/h13H,5-10,20H2,1-4H3. The molecular weight excluding hydrogens is 378 g/mol. The Hall–Kier alpha value is -2.29. The highest BCUT2D eigenvalue weighted by Gasteiger charge is 2.24. The normalized spacial score (nSPS) is 15.1. The molecule has 1 saturated carbocycles. The number of nitrogen functional groups attached to an aromatic ring is 1. The van der Waals surface area contributed by atoms with Gasteiger partial charge in [-0.15, -0.1) is 0 Å². The van der Waals surface area contributed by atoms with Gasteiger partial charge < -0.3 is 10.3 Å². The Kier molecular flexibility index (Phi) is 5.83. The van der Waals surface area contributed by atoms with Crippen molar-refractivity contribution >= 4 is 23.4 Å². The molecule has 0 aliphatic heterocycles. The maximum Gasteiger partial charge on any atom is 0.332 e. The number of hydrogen-bond acceptors (Lipinski definition) is 6. The number of ketones is 1. The maximum absolute atomic E-state index is 12.8. The van der Waals surface area contributed by atoms with E-state index >= 15 is 0 Å². The predicted molar refractivity (Wildman–Crippen MR) is 110 cm³/mol. The van der Waals surface area contributed by atoms with Gasteiger partial charge in [0.1, 0.15) is 11.4 Å². The largest absolute Gasteiger partial charge is 0.384 e. The molecule has 2 heterocycles. The van der Waals surface area contributed by atoms with Crippen molar-refractivity contribution in [1.82, 2.24) is 18.7 Å². The molecule has 0 spiro atoms. The van der Waals surface area contributed by atoms with E-state index in [1.54, 1.807) is 0 Å². The molecule has 0 radical (unpaired) electrons. The number of aryl methyl sites for hydroxylation is 1. The summed E-state index contributed by atoms with van der Waals surface area (Å²) in [6.07, 6.45) is 5.91. The van der Waals surface area contributed by atoms with Crippen LogP contribution >= 0.6 is 11.8 Å². The van der Waals surface area contributed by atoms with Gasteiger partial charge in [0.2, 0.25) is 0 Å². The van der Waals surface area contributed by atoms with Crippen molar-refractivity contribution < 1.29 is 4.79 Å². The van der Waals surface area contributed by atoms with Crippen molar-refractivity contribution in [3.05, 3.63) is 37.8 Å². The zero-order valence-electron chi connectivity index (χ0n) is 16.8. The number of carbonyl (C=O) groups excluding carboxylic acids is 1. The molecule has 9 heteroatoms. The molecule has 0 bridgehead atoms. The third-order valence-electron chi connectivity index (χ3n) is 5.62. The van der Waals surface area contributed by atoms with Crippen LogP contribution < -0.4 is 17.0 Å². The minimum Gasteiger partial charge on any atom is -0.384 e. The van der Waals surface area contributed by atoms with Crippen molar-refractivity contribution in [2.75, 3.05) is 11.5 Å². The van der Waals surface area contributed by atoms with E-state index < -0.39 is 17.0 Å². The number of rotatable bonds is 5. The monoisotopic (exact) mass is 405 g/mol. The molecule has 1 aliphatic rings. The topological polar surface area (TPSA) is 105 Å². The van der Waals surface area contributed by atoms with Crippen LogP contribution in [0.1, 0.15) is 59.9 Å². The second-order valence-corrected chi connectivity index (χ2v) is 8.35. The number of nitrogens with two attached hydrogens (primary N) is 1. The van der Waals surface area contributed by atoms with Crippen LogP contribution in [0, 0.1) is 13.8 Å². The average molecular weight is 406 g/mol. The van der Waals surface area contributed by atoms with Gasteiger partial charge in [0.05, 0.1) is 11.4 Å². The summed E-state index contributed by atoms with van der Waals surface area (Å²) in [5.41, 5.74) is 6.63. The summed E-state index contributed by atoms with van der Waals surface area (Å²) in [7, 11) is 2.79. The number of nitrogens with zero attached hydrogens (tertiary/aromatic N) is 4. The van der Waals surface area contributed by atoms with Gasteiger partial charge in [-0.05, 0) is 26.7 Å². The van der Waals surface area contributed by atoms with Gasteiger partial charge in [0.25, 0.3) is 5.56 Å². The lowest BCUT2D eigenvalue weighted by Crippen LogP contribution is -2.41. The molecule has 1 aliphatic carbocycles. The first-order chi connectivity index (χ1) is 13.2. The van der Waals surface area contributed by atoms with E-state index in [0.29, 0.717) is 6.04 Å². The van der Waals surface area contributed by atoms with Gasteiger partial charge in [0.15, 0.2) is 10.9 Å². The average Bonchev–Trinajstić information content (AvgIpc) is 2.97. The Bertz CT molecular complexity index is 1030. The fourth-order valence-corrected chi connectivity index (χ4v) is 4.82. The van der Waals surface area contributed by atoms with Gasteiger partial charge in [-0.2, -0.15) is 0 Å². The van der Waals surface area contributed by atoms with Crippen LogP contribution in [0.25, 0.3) is 0 Å². The molecule has 0 unspecified atom stereocenters. The molecule has 0 aromatic carbocycles. The fraction of sp³-hybridized carbons (Fsp3) is 0.579. The quantitative estimate of drug-likeness (QED) is 0.602. The van der Waals surface area contributed by atoms with Crippen LogP contribution in [0.2, 0.25) is 0 Å². The first-order valence-electron chi connectivity index (χ1n) is 9.51. The number of thioether (sulfide) groups is 1. The number of hydrogen-bond donors (Lipinski definition) is 1. The second kappa shape index (κ2) is 7.98. The minimum atomic E-state index is -0.658. The molecular formula is C19H27N5O3S. The first-order valence-corrected chi connectivity index (χ1v) is 10.5. The van der Waals surface area contributed by atoms with Crippen molar-refractivity contribution in [2.24, 2.45) is 14.1 Å². The molecule has 0 amide bonds. The first kappa shape index (κ1) is 20.4. The summed E-state index contributed by atoms with van der Waals surface area (Å²) in [4.78, 5) is 41.8. The molecule has 2 aromatic rings. The van der Waals surface area contributed by atoms with Gasteiger partial charge in [-0.3, -0.25) is 18.7 Å². The summed E-state index contributed by atoms with van der Waals surface area (Å²) < 4.78 is 4.27. The van der Waals surface area contributed by atoms with Crippen molar-refractivity contribution in [3.8, 4) is 0 Å². The Morgan fingerprint density at radius 2 is 1.79 bits per heavy atom. The lowest BCUT2D eigenvalue weighted by atomic mass is 9.95. The van der Waals surface area contributed by atoms with E-state index in [1.807, 2.05) is 6.92 Å². The van der Waals surface area contributed by atoms with Crippen molar-refractivity contribution in [2.45, 2.75) is 57.1 Å². The molecule has 152 valence electrons. The Morgan fingerprint density at radius 1 is 1.14 bits per heavy atom. The highest BCUT2D eigenvalue weighted by atomic mass is 32.2. The van der Waals surface area contributed by atoms with Crippen LogP contribution in [0.3, 0.4) is 0 Å². The van der Waals surface area contributed by atoms with Gasteiger partial charge >= 0.3 is 5.69 Å². The van der Waals surface area contributed by atoms with Gasteiger partial charge in [-0.25, -0.2) is 9.78 Å². The van der Waals surface area contributed by atoms with E-state index in [2.05, 4.69) is 16.5 Å². The third kappa shape index (κ3) is 3.55. The number of Topliss-reactive ketones (excluding diaryl/α,β-unsaturated/α-hetero) is 1. The molecule has 1 fully saturated rings. The van der Waals surface area contributed by atoms with E-state index in [1.165, 1.54) is 45.1 Å². The molecule has 0 saturated heterocycles. The molecule has 28 heavy (non-hydrogen) atoms. The van der Waals surface area contributed by atoms with E-state index in [9.17, 15) is 14.4 Å². The minimum absolute atomic E-state index is 0.0419. The highest BCUT2D eigenvalue weighted by molar-refractivity contribution is 7.99. The van der Waals surface area contributed by atoms with Crippen molar-refractivity contribution in [1.29, 1.82) is 0 Å². The predicted octanol–water partition coefficient (Wildman–Crippen LogP) is 1.96. The lowest BCUT2D eigenvalue weighted by molar-refractivity contribution is 0.102. The summed E-state index contributed by atoms with van der Waals surface area (Å²) >= 11 is 1.32. The molecule has 2 aromatic heterocycles. The second-order valence-electron chi connectivity index (χ2n) is 7.40. The highest BCUT2D eigenvalue weighted by Crippen LogP contribution is 2.34. The summed E-state index contributed by atoms with van der Waals surface area (Å²) in [6.45, 7) is 4.03.